The summed E-state index contributed by atoms with van der Waals surface area (Å²) in [6, 6.07) is 21.6. The summed E-state index contributed by atoms with van der Waals surface area (Å²) in [6.45, 7) is 2.50. The zero-order valence-corrected chi connectivity index (χ0v) is 19.1. The minimum atomic E-state index is -1.13. The number of aromatic nitrogens is 2. The summed E-state index contributed by atoms with van der Waals surface area (Å²) in [6.07, 6.45) is 1.74. The van der Waals surface area contributed by atoms with E-state index >= 15 is 0 Å². The van der Waals surface area contributed by atoms with Crippen molar-refractivity contribution in [2.45, 2.75) is 12.6 Å². The quantitative estimate of drug-likeness (QED) is 0.425. The molecular weight excluding hydrogens is 444 g/mol. The third-order valence-electron chi connectivity index (χ3n) is 6.56. The van der Waals surface area contributed by atoms with Gasteiger partial charge < -0.3 is 19.7 Å². The standard InChI is InChI=1S/C27H26N4O4/c32-26(33)24(30-16-14-29(15-17-30)22-12-6-7-13-28-22)23-20-10-4-5-11-21(20)31(25(23)27(34)35)18-19-8-2-1-3-9-19/h1-13,24H,14-18H2,(H,32,33)(H,34,35)/t24-/m1/s1. The van der Waals surface area contributed by atoms with Gasteiger partial charge in [0.2, 0.25) is 0 Å². The lowest BCUT2D eigenvalue weighted by Gasteiger charge is -2.38. The van der Waals surface area contributed by atoms with Gasteiger partial charge in [0, 0.05) is 55.4 Å². The summed E-state index contributed by atoms with van der Waals surface area (Å²) in [5.41, 5.74) is 2.01. The molecule has 0 spiro atoms. The molecule has 2 aromatic heterocycles. The average Bonchev–Trinajstić information content (AvgIpc) is 3.19. The minimum Gasteiger partial charge on any atom is -0.480 e. The number of hydrogen-bond acceptors (Lipinski definition) is 5. The van der Waals surface area contributed by atoms with Crippen molar-refractivity contribution >= 4 is 28.7 Å². The summed E-state index contributed by atoms with van der Waals surface area (Å²) in [5.74, 6) is -1.34. The fraction of sp³-hybridized carbons (Fsp3) is 0.222. The van der Waals surface area contributed by atoms with E-state index in [0.717, 1.165) is 11.4 Å². The third-order valence-corrected chi connectivity index (χ3v) is 6.56. The average molecular weight is 471 g/mol. The molecule has 1 atom stereocenters. The van der Waals surface area contributed by atoms with Crippen LogP contribution in [0.25, 0.3) is 10.9 Å². The number of piperazine rings is 1. The monoisotopic (exact) mass is 470 g/mol. The second-order valence-corrected chi connectivity index (χ2v) is 8.61. The number of carboxylic acid groups (broad SMARTS) is 2. The molecule has 2 aromatic carbocycles. The van der Waals surface area contributed by atoms with Crippen LogP contribution in [-0.4, -0.2) is 62.8 Å². The highest BCUT2D eigenvalue weighted by Crippen LogP contribution is 2.36. The molecular formula is C27H26N4O4. The van der Waals surface area contributed by atoms with Crippen molar-refractivity contribution in [2.24, 2.45) is 0 Å². The Kier molecular flexibility index (Phi) is 6.20. The number of pyridine rings is 1. The van der Waals surface area contributed by atoms with Crippen molar-refractivity contribution in [3.05, 3.63) is 95.8 Å². The zero-order valence-electron chi connectivity index (χ0n) is 19.1. The van der Waals surface area contributed by atoms with Gasteiger partial charge in [0.1, 0.15) is 17.6 Å². The van der Waals surface area contributed by atoms with Crippen LogP contribution in [0.2, 0.25) is 0 Å². The van der Waals surface area contributed by atoms with Crippen LogP contribution in [0.15, 0.2) is 79.0 Å². The zero-order chi connectivity index (χ0) is 24.4. The van der Waals surface area contributed by atoms with Gasteiger partial charge in [0.05, 0.1) is 0 Å². The van der Waals surface area contributed by atoms with Gasteiger partial charge in [0.25, 0.3) is 0 Å². The summed E-state index contributed by atoms with van der Waals surface area (Å²) in [7, 11) is 0. The molecule has 0 bridgehead atoms. The Morgan fingerprint density at radius 3 is 2.20 bits per heavy atom. The molecule has 35 heavy (non-hydrogen) atoms. The lowest BCUT2D eigenvalue weighted by molar-refractivity contribution is -0.143. The Bertz CT molecular complexity index is 1350. The molecule has 1 fully saturated rings. The number of carbonyl (C=O) groups is 2. The van der Waals surface area contributed by atoms with Gasteiger partial charge in [-0.3, -0.25) is 9.69 Å². The molecule has 5 rings (SSSR count). The molecule has 8 nitrogen and oxygen atoms in total. The first-order chi connectivity index (χ1) is 17.0. The first-order valence-corrected chi connectivity index (χ1v) is 11.6. The van der Waals surface area contributed by atoms with E-state index in [-0.39, 0.29) is 5.69 Å². The maximum Gasteiger partial charge on any atom is 0.352 e. The first-order valence-electron chi connectivity index (χ1n) is 11.6. The van der Waals surface area contributed by atoms with E-state index in [1.54, 1.807) is 10.8 Å². The Morgan fingerprint density at radius 1 is 0.857 bits per heavy atom. The van der Waals surface area contributed by atoms with Crippen LogP contribution in [0.3, 0.4) is 0 Å². The van der Waals surface area contributed by atoms with Crippen molar-refractivity contribution in [1.29, 1.82) is 0 Å². The highest BCUT2D eigenvalue weighted by molar-refractivity contribution is 6.01. The lowest BCUT2D eigenvalue weighted by atomic mass is 10.00. The van der Waals surface area contributed by atoms with Gasteiger partial charge in [0.15, 0.2) is 0 Å². The highest BCUT2D eigenvalue weighted by Gasteiger charge is 2.37. The molecule has 0 radical (unpaired) electrons. The van der Waals surface area contributed by atoms with Crippen molar-refractivity contribution in [2.75, 3.05) is 31.1 Å². The smallest absolute Gasteiger partial charge is 0.352 e. The molecule has 8 heteroatoms. The van der Waals surface area contributed by atoms with Crippen LogP contribution in [-0.2, 0) is 11.3 Å². The number of rotatable bonds is 7. The Hall–Kier alpha value is -4.17. The second kappa shape index (κ2) is 9.60. The van der Waals surface area contributed by atoms with Crippen LogP contribution in [0.5, 0.6) is 0 Å². The third kappa shape index (κ3) is 4.36. The Labute approximate surface area is 202 Å². The molecule has 0 aliphatic carbocycles. The molecule has 0 amide bonds. The summed E-state index contributed by atoms with van der Waals surface area (Å²) in [4.78, 5) is 33.6. The van der Waals surface area contributed by atoms with Crippen molar-refractivity contribution < 1.29 is 19.8 Å². The van der Waals surface area contributed by atoms with Gasteiger partial charge in [-0.2, -0.15) is 0 Å². The minimum absolute atomic E-state index is 0.0228. The van der Waals surface area contributed by atoms with Gasteiger partial charge in [-0.1, -0.05) is 54.6 Å². The Balaban J connectivity index is 1.56. The van der Waals surface area contributed by atoms with Crippen molar-refractivity contribution in [3.63, 3.8) is 0 Å². The molecule has 1 aliphatic heterocycles. The number of benzene rings is 2. The SMILES string of the molecule is O=C(O)c1c([C@H](C(=O)O)N2CCN(c3ccccn3)CC2)c2ccccc2n1Cc1ccccc1. The largest absolute Gasteiger partial charge is 0.480 e. The molecule has 4 aromatic rings. The fourth-order valence-corrected chi connectivity index (χ4v) is 4.98. The highest BCUT2D eigenvalue weighted by atomic mass is 16.4. The predicted octanol–water partition coefficient (Wildman–Crippen LogP) is 3.73. The van der Waals surface area contributed by atoms with Crippen LogP contribution in [0, 0.1) is 0 Å². The van der Waals surface area contributed by atoms with Gasteiger partial charge >= 0.3 is 11.9 Å². The number of anilines is 1. The molecule has 1 aliphatic rings. The number of carboxylic acids is 2. The Morgan fingerprint density at radius 2 is 1.54 bits per heavy atom. The number of aromatic carboxylic acids is 1. The number of nitrogens with zero attached hydrogens (tertiary/aromatic N) is 4. The van der Waals surface area contributed by atoms with E-state index < -0.39 is 18.0 Å². The summed E-state index contributed by atoms with van der Waals surface area (Å²) in [5, 5.41) is 21.3. The molecule has 2 N–H and O–H groups in total. The number of fused-ring (bicyclic) bond motifs is 1. The maximum absolute atomic E-state index is 12.7. The van der Waals surface area contributed by atoms with Crippen molar-refractivity contribution in [3.8, 4) is 0 Å². The van der Waals surface area contributed by atoms with Gasteiger partial charge in [-0.25, -0.2) is 9.78 Å². The van der Waals surface area contributed by atoms with Gasteiger partial charge in [-0.05, 0) is 23.8 Å². The molecule has 0 unspecified atom stereocenters. The van der Waals surface area contributed by atoms with E-state index in [1.807, 2.05) is 77.7 Å². The van der Waals surface area contributed by atoms with Gasteiger partial charge in [-0.15, -0.1) is 0 Å². The fourth-order valence-electron chi connectivity index (χ4n) is 4.98. The molecule has 3 heterocycles. The van der Waals surface area contributed by atoms with E-state index in [0.29, 0.717) is 49.2 Å². The summed E-state index contributed by atoms with van der Waals surface area (Å²) >= 11 is 0. The van der Waals surface area contributed by atoms with Crippen LogP contribution >= 0.6 is 0 Å². The number of para-hydroxylation sites is 1. The van der Waals surface area contributed by atoms with Crippen LogP contribution in [0.4, 0.5) is 5.82 Å². The van der Waals surface area contributed by atoms with E-state index in [4.69, 9.17) is 0 Å². The normalized spacial score (nSPS) is 15.3. The lowest BCUT2D eigenvalue weighted by Crippen LogP contribution is -2.49. The van der Waals surface area contributed by atoms with Crippen molar-refractivity contribution in [1.82, 2.24) is 14.5 Å². The second-order valence-electron chi connectivity index (χ2n) is 8.61. The van der Waals surface area contributed by atoms with Crippen LogP contribution in [0.1, 0.15) is 27.7 Å². The molecule has 178 valence electrons. The summed E-state index contributed by atoms with van der Waals surface area (Å²) < 4.78 is 1.72. The predicted molar refractivity (Wildman–Crippen MR) is 133 cm³/mol. The van der Waals surface area contributed by atoms with Crippen LogP contribution < -0.4 is 4.90 Å². The molecule has 0 saturated carbocycles. The van der Waals surface area contributed by atoms with E-state index in [9.17, 15) is 19.8 Å². The number of aliphatic carboxylic acids is 1. The first kappa shape index (κ1) is 22.6. The topological polar surface area (TPSA) is 98.9 Å². The number of hydrogen-bond donors (Lipinski definition) is 2. The maximum atomic E-state index is 12.7. The van der Waals surface area contributed by atoms with E-state index in [2.05, 4.69) is 9.88 Å². The van der Waals surface area contributed by atoms with E-state index in [1.165, 1.54) is 0 Å². The molecule has 1 saturated heterocycles.